The van der Waals surface area contributed by atoms with Gasteiger partial charge in [-0.25, -0.2) is 0 Å². The van der Waals surface area contributed by atoms with E-state index in [2.05, 4.69) is 41.9 Å². The van der Waals surface area contributed by atoms with E-state index >= 15 is 0 Å². The van der Waals surface area contributed by atoms with Crippen molar-refractivity contribution in [2.75, 3.05) is 13.1 Å². The zero-order valence-corrected chi connectivity index (χ0v) is 38.0. The van der Waals surface area contributed by atoms with Gasteiger partial charge in [-0.15, -0.1) is 0 Å². The first kappa shape index (κ1) is 49.8. The van der Waals surface area contributed by atoms with Gasteiger partial charge in [-0.3, -0.25) is 38.6 Å². The van der Waals surface area contributed by atoms with Crippen LogP contribution in [0.1, 0.15) is 103 Å². The largest absolute Gasteiger partial charge is 0.370 e. The number of nitrogens with one attached hydrogen (secondary N) is 7. The van der Waals surface area contributed by atoms with Crippen LogP contribution in [0, 0.1) is 17.8 Å². The van der Waals surface area contributed by atoms with Crippen LogP contribution in [-0.4, -0.2) is 95.5 Å². The highest BCUT2D eigenvalue weighted by molar-refractivity contribution is 5.98. The van der Waals surface area contributed by atoms with Gasteiger partial charge in [-0.1, -0.05) is 94.5 Å². The second-order valence-electron chi connectivity index (χ2n) is 17.9. The first-order valence-corrected chi connectivity index (χ1v) is 23.1. The summed E-state index contributed by atoms with van der Waals surface area (Å²) in [6, 6.07) is 11.4. The number of nitrogens with two attached hydrogens (primary N) is 2. The number of nitrogens with zero attached hydrogens (tertiary/aromatic N) is 1. The quantitative estimate of drug-likeness (QED) is 0.0653. The monoisotopic (exact) mass is 897 g/mol. The van der Waals surface area contributed by atoms with Crippen molar-refractivity contribution < 1.29 is 33.6 Å². The summed E-state index contributed by atoms with van der Waals surface area (Å²) in [5.74, 6) is -4.78. The molecule has 1 saturated carbocycles. The molecule has 0 spiro atoms. The molecular weight excluding hydrogens is 829 g/mol. The normalized spacial score (nSPS) is 22.6. The molecule has 1 aromatic heterocycles. The molecule has 5 rings (SSSR count). The molecule has 2 fully saturated rings. The molecule has 0 radical (unpaired) electrons. The number of guanidine groups is 1. The van der Waals surface area contributed by atoms with Crippen molar-refractivity contribution in [3.63, 3.8) is 0 Å². The lowest BCUT2D eigenvalue weighted by atomic mass is 9.84. The molecule has 17 heteroatoms. The molecule has 0 bridgehead atoms. The Kier molecular flexibility index (Phi) is 18.9. The fraction of sp³-hybridized carbons (Fsp3) is 0.542. The fourth-order valence-electron chi connectivity index (χ4n) is 8.84. The number of aliphatic imine (C=N–C) groups is 1. The topological polar surface area (TPSA) is 272 Å². The molecule has 6 atom stereocenters. The molecule has 352 valence electrons. The number of Topliss-reactive ketones (excluding diaryl/α,β-unsaturated/α-hetero) is 1. The molecule has 1 saturated heterocycles. The number of H-pyrrole nitrogens is 1. The van der Waals surface area contributed by atoms with Crippen molar-refractivity contribution in [3.05, 3.63) is 71.9 Å². The number of aromatic nitrogens is 1. The van der Waals surface area contributed by atoms with Crippen molar-refractivity contribution in [1.82, 2.24) is 36.9 Å². The van der Waals surface area contributed by atoms with Gasteiger partial charge < -0.3 is 48.4 Å². The number of benzene rings is 2. The zero-order chi connectivity index (χ0) is 46.9. The minimum atomic E-state index is -1.18. The van der Waals surface area contributed by atoms with Crippen LogP contribution in [0.3, 0.4) is 0 Å². The maximum Gasteiger partial charge on any atom is 0.243 e. The molecule has 11 N–H and O–H groups in total. The van der Waals surface area contributed by atoms with Gasteiger partial charge in [-0.2, -0.15) is 0 Å². The Hall–Kier alpha value is -6.26. The zero-order valence-electron chi connectivity index (χ0n) is 38.0. The van der Waals surface area contributed by atoms with E-state index in [1.807, 2.05) is 60.8 Å². The van der Waals surface area contributed by atoms with E-state index < -0.39 is 77.5 Å². The van der Waals surface area contributed by atoms with Gasteiger partial charge in [0.1, 0.15) is 24.2 Å². The van der Waals surface area contributed by atoms with E-state index in [9.17, 15) is 33.6 Å². The number of ketones is 1. The number of rotatable bonds is 14. The highest BCUT2D eigenvalue weighted by Crippen LogP contribution is 2.28. The van der Waals surface area contributed by atoms with E-state index in [4.69, 9.17) is 11.5 Å². The third-order valence-corrected chi connectivity index (χ3v) is 12.4. The van der Waals surface area contributed by atoms with E-state index in [1.54, 1.807) is 13.8 Å². The molecule has 1 aliphatic heterocycles. The molecule has 2 heterocycles. The highest BCUT2D eigenvalue weighted by atomic mass is 16.2. The lowest BCUT2D eigenvalue weighted by molar-refractivity contribution is -0.136. The Labute approximate surface area is 381 Å². The molecule has 17 nitrogen and oxygen atoms in total. The number of carbonyl (C=O) groups excluding carboxylic acids is 7. The summed E-state index contributed by atoms with van der Waals surface area (Å²) in [6.07, 6.45) is 7.97. The van der Waals surface area contributed by atoms with Crippen LogP contribution in [0.5, 0.6) is 0 Å². The number of hydrogen-bond donors (Lipinski definition) is 9. The number of fused-ring (bicyclic) bond motifs is 1. The van der Waals surface area contributed by atoms with Crippen LogP contribution in [0.15, 0.2) is 65.8 Å². The predicted octanol–water partition coefficient (Wildman–Crippen LogP) is 2.56. The van der Waals surface area contributed by atoms with E-state index in [-0.39, 0.29) is 69.3 Å². The van der Waals surface area contributed by atoms with Crippen molar-refractivity contribution in [2.45, 2.75) is 134 Å². The van der Waals surface area contributed by atoms with Crippen LogP contribution in [0.2, 0.25) is 0 Å². The second-order valence-corrected chi connectivity index (χ2v) is 17.9. The first-order valence-electron chi connectivity index (χ1n) is 23.1. The molecule has 0 unspecified atom stereocenters. The van der Waals surface area contributed by atoms with Crippen LogP contribution >= 0.6 is 0 Å². The van der Waals surface area contributed by atoms with Crippen LogP contribution in [-0.2, 0) is 46.4 Å². The number of amides is 6. The molecule has 3 aromatic rings. The van der Waals surface area contributed by atoms with Gasteiger partial charge in [-0.05, 0) is 61.1 Å². The van der Waals surface area contributed by atoms with Gasteiger partial charge in [0, 0.05) is 62.3 Å². The Bertz CT molecular complexity index is 2130. The molecule has 1 aliphatic carbocycles. The smallest absolute Gasteiger partial charge is 0.243 e. The van der Waals surface area contributed by atoms with Crippen molar-refractivity contribution in [1.29, 1.82) is 0 Å². The maximum absolute atomic E-state index is 14.6. The summed E-state index contributed by atoms with van der Waals surface area (Å²) in [4.78, 5) is 105. The summed E-state index contributed by atoms with van der Waals surface area (Å²) in [5, 5.41) is 18.1. The van der Waals surface area contributed by atoms with E-state index in [1.165, 1.54) is 6.92 Å². The third-order valence-electron chi connectivity index (χ3n) is 12.4. The molecule has 6 amide bonds. The molecule has 2 aromatic carbocycles. The van der Waals surface area contributed by atoms with Gasteiger partial charge in [0.2, 0.25) is 35.4 Å². The molecule has 2 aliphatic rings. The standard InChI is InChI=1S/C48H68N10O7/c1-29(2)42-47(65)57-40(25-32-16-8-5-9-17-32)46(64)56-38(26-34-28-53-36-20-11-10-19-35(34)36)41(60)27-33(18-12-23-52-48(49)50)43(61)51-22-13-21-37(44(62)58-42)55-45(63)39(54-30(3)59)24-31-14-6-4-7-15-31/h4,6-7,10-11,14-15,19-20,28-29,32-33,37-40,42,53H,5,8-9,12-13,16-18,21-27H2,1-3H3,(H,51,61)(H,54,59)(H,55,63)(H,56,64)(H,57,65)(H,58,62)(H4,49,50,52)/t33-,37+,38+,39+,40-,42+/m1/s1. The summed E-state index contributed by atoms with van der Waals surface area (Å²) in [5.41, 5.74) is 13.6. The minimum Gasteiger partial charge on any atom is -0.370 e. The lowest BCUT2D eigenvalue weighted by Gasteiger charge is -2.31. The highest BCUT2D eigenvalue weighted by Gasteiger charge is 2.36. The lowest BCUT2D eigenvalue weighted by Crippen LogP contribution is -2.60. The predicted molar refractivity (Wildman–Crippen MR) is 249 cm³/mol. The van der Waals surface area contributed by atoms with Crippen LogP contribution in [0.25, 0.3) is 10.9 Å². The van der Waals surface area contributed by atoms with Gasteiger partial charge in [0.15, 0.2) is 11.7 Å². The number of para-hydroxylation sites is 1. The van der Waals surface area contributed by atoms with Gasteiger partial charge >= 0.3 is 0 Å². The van der Waals surface area contributed by atoms with Crippen LogP contribution < -0.4 is 43.4 Å². The van der Waals surface area contributed by atoms with Crippen molar-refractivity contribution in [2.24, 2.45) is 34.2 Å². The first-order chi connectivity index (χ1) is 31.2. The van der Waals surface area contributed by atoms with Crippen LogP contribution in [0.4, 0.5) is 0 Å². The molecular formula is C48H68N10O7. The number of hydrogen-bond acceptors (Lipinski definition) is 8. The van der Waals surface area contributed by atoms with E-state index in [0.717, 1.165) is 54.1 Å². The fourth-order valence-corrected chi connectivity index (χ4v) is 8.84. The average Bonchev–Trinajstić information content (AvgIpc) is 3.69. The number of carbonyl (C=O) groups is 7. The molecule has 65 heavy (non-hydrogen) atoms. The Morgan fingerprint density at radius 1 is 0.815 bits per heavy atom. The summed E-state index contributed by atoms with van der Waals surface area (Å²) >= 11 is 0. The Balaban J connectivity index is 1.48. The Morgan fingerprint density at radius 2 is 1.52 bits per heavy atom. The summed E-state index contributed by atoms with van der Waals surface area (Å²) in [6.45, 7) is 5.16. The van der Waals surface area contributed by atoms with Gasteiger partial charge in [0.05, 0.1) is 6.04 Å². The second kappa shape index (κ2) is 24.7. The third kappa shape index (κ3) is 15.5. The maximum atomic E-state index is 14.6. The Morgan fingerprint density at radius 3 is 2.23 bits per heavy atom. The average molecular weight is 897 g/mol. The van der Waals surface area contributed by atoms with Crippen molar-refractivity contribution in [3.8, 4) is 0 Å². The summed E-state index contributed by atoms with van der Waals surface area (Å²) < 4.78 is 0. The minimum absolute atomic E-state index is 0.0515. The van der Waals surface area contributed by atoms with E-state index in [0.29, 0.717) is 12.8 Å². The van der Waals surface area contributed by atoms with Crippen molar-refractivity contribution >= 4 is 58.1 Å². The SMILES string of the molecule is CC(=O)N[C@@H](Cc1ccccc1)C(=O)N[C@H]1CCCNC(=O)[C@H](CCCN=C(N)N)CC(=O)[C@H](Cc2c[nH]c3ccccc23)NC(=O)[C@@H](CC2CCCCC2)NC(=O)[C@H](C(C)C)NC1=O. The number of aromatic amines is 1. The van der Waals surface area contributed by atoms with Gasteiger partial charge in [0.25, 0.3) is 0 Å². The summed E-state index contributed by atoms with van der Waals surface area (Å²) in [7, 11) is 0.